The second-order valence-corrected chi connectivity index (χ2v) is 5.98. The first-order chi connectivity index (χ1) is 10.9. The van der Waals surface area contributed by atoms with Crippen LogP contribution in [-0.4, -0.2) is 43.8 Å². The van der Waals surface area contributed by atoms with Gasteiger partial charge in [0.25, 0.3) is 0 Å². The van der Waals surface area contributed by atoms with Crippen molar-refractivity contribution in [1.82, 2.24) is 10.8 Å². The summed E-state index contributed by atoms with van der Waals surface area (Å²) in [4.78, 5) is 20.7. The summed E-state index contributed by atoms with van der Waals surface area (Å²) in [6.07, 6.45) is -0.619. The molecule has 2 rings (SSSR count). The first-order valence-electron chi connectivity index (χ1n) is 7.56. The Kier molecular flexibility index (Phi) is 5.81. The van der Waals surface area contributed by atoms with Crippen molar-refractivity contribution >= 4 is 11.9 Å². The third kappa shape index (κ3) is 6.15. The lowest BCUT2D eigenvalue weighted by Gasteiger charge is -2.19. The largest absolute Gasteiger partial charge is 0.491 e. The van der Waals surface area contributed by atoms with Crippen molar-refractivity contribution < 1.29 is 19.1 Å². The number of amides is 1. The minimum atomic E-state index is -0.619. The van der Waals surface area contributed by atoms with E-state index >= 15 is 0 Å². The van der Waals surface area contributed by atoms with Crippen molar-refractivity contribution in [2.24, 2.45) is 4.99 Å². The third-order valence-electron chi connectivity index (χ3n) is 2.81. The van der Waals surface area contributed by atoms with Gasteiger partial charge >= 0.3 is 6.09 Å². The molecule has 1 heterocycles. The SMILES string of the molecule is CC(C)(C)OC(=O)NOCCOc1ccc(C2=NCCN2)cc1. The lowest BCUT2D eigenvalue weighted by Crippen LogP contribution is -2.33. The number of carbonyl (C=O) groups excluding carboxylic acids is 1. The number of nitrogens with zero attached hydrogens (tertiary/aromatic N) is 1. The van der Waals surface area contributed by atoms with Gasteiger partial charge in [0.15, 0.2) is 0 Å². The number of benzene rings is 1. The molecule has 126 valence electrons. The number of amidine groups is 1. The van der Waals surface area contributed by atoms with E-state index in [1.54, 1.807) is 20.8 Å². The Morgan fingerprint density at radius 3 is 2.61 bits per heavy atom. The van der Waals surface area contributed by atoms with Crippen LogP contribution in [0, 0.1) is 0 Å². The molecule has 1 aromatic carbocycles. The number of hydrogen-bond donors (Lipinski definition) is 2. The average molecular weight is 321 g/mol. The third-order valence-corrected chi connectivity index (χ3v) is 2.81. The molecule has 0 radical (unpaired) electrons. The van der Waals surface area contributed by atoms with E-state index in [-0.39, 0.29) is 6.61 Å². The maximum Gasteiger partial charge on any atom is 0.431 e. The first-order valence-corrected chi connectivity index (χ1v) is 7.56. The second-order valence-electron chi connectivity index (χ2n) is 5.98. The predicted octanol–water partition coefficient (Wildman–Crippen LogP) is 1.87. The van der Waals surface area contributed by atoms with E-state index in [2.05, 4.69) is 15.8 Å². The van der Waals surface area contributed by atoms with Crippen molar-refractivity contribution in [3.05, 3.63) is 29.8 Å². The van der Waals surface area contributed by atoms with E-state index in [0.29, 0.717) is 6.61 Å². The molecule has 0 bridgehead atoms. The number of hydroxylamine groups is 1. The van der Waals surface area contributed by atoms with Crippen molar-refractivity contribution in [3.8, 4) is 5.75 Å². The van der Waals surface area contributed by atoms with Crippen LogP contribution in [0.4, 0.5) is 4.79 Å². The summed E-state index contributed by atoms with van der Waals surface area (Å²) in [6.45, 7) is 7.58. The van der Waals surface area contributed by atoms with Crippen LogP contribution < -0.4 is 15.5 Å². The zero-order valence-corrected chi connectivity index (χ0v) is 13.7. The van der Waals surface area contributed by atoms with Gasteiger partial charge in [-0.1, -0.05) is 0 Å². The molecule has 0 fully saturated rings. The van der Waals surface area contributed by atoms with Crippen molar-refractivity contribution in [2.45, 2.75) is 26.4 Å². The van der Waals surface area contributed by atoms with Crippen LogP contribution >= 0.6 is 0 Å². The summed E-state index contributed by atoms with van der Waals surface area (Å²) in [5.74, 6) is 1.65. The lowest BCUT2D eigenvalue weighted by atomic mass is 10.2. The molecule has 0 aromatic heterocycles. The summed E-state index contributed by atoms with van der Waals surface area (Å²) in [6, 6.07) is 7.65. The molecule has 1 aliphatic rings. The minimum absolute atomic E-state index is 0.218. The van der Waals surface area contributed by atoms with E-state index in [4.69, 9.17) is 14.3 Å². The summed E-state index contributed by atoms with van der Waals surface area (Å²) in [5.41, 5.74) is 2.69. The molecule has 0 aliphatic carbocycles. The average Bonchev–Trinajstić information content (AvgIpc) is 3.00. The van der Waals surface area contributed by atoms with Crippen LogP contribution in [0.5, 0.6) is 5.75 Å². The van der Waals surface area contributed by atoms with Gasteiger partial charge in [-0.15, -0.1) is 0 Å². The van der Waals surface area contributed by atoms with E-state index < -0.39 is 11.7 Å². The monoisotopic (exact) mass is 321 g/mol. The fourth-order valence-corrected chi connectivity index (χ4v) is 1.91. The highest BCUT2D eigenvalue weighted by Crippen LogP contribution is 2.13. The number of hydrogen-bond acceptors (Lipinski definition) is 6. The summed E-state index contributed by atoms with van der Waals surface area (Å²) in [5, 5.41) is 3.22. The van der Waals surface area contributed by atoms with Crippen LogP contribution in [0.2, 0.25) is 0 Å². The Morgan fingerprint density at radius 2 is 2.00 bits per heavy atom. The number of nitrogens with one attached hydrogen (secondary N) is 2. The van der Waals surface area contributed by atoms with E-state index in [0.717, 1.165) is 30.2 Å². The fraction of sp³-hybridized carbons (Fsp3) is 0.500. The minimum Gasteiger partial charge on any atom is -0.491 e. The van der Waals surface area contributed by atoms with Crippen LogP contribution in [0.3, 0.4) is 0 Å². The standard InChI is InChI=1S/C16H23N3O4/c1-16(2,3)23-15(20)19-22-11-10-21-13-6-4-12(5-7-13)14-17-8-9-18-14/h4-7H,8-11H2,1-3H3,(H,17,18)(H,19,20). The topological polar surface area (TPSA) is 81.2 Å². The summed E-state index contributed by atoms with van der Waals surface area (Å²) < 4.78 is 10.6. The molecule has 1 aromatic rings. The van der Waals surface area contributed by atoms with Gasteiger partial charge in [0.2, 0.25) is 0 Å². The van der Waals surface area contributed by atoms with Gasteiger partial charge in [-0.3, -0.25) is 9.83 Å². The Balaban J connectivity index is 1.64. The van der Waals surface area contributed by atoms with Gasteiger partial charge in [0, 0.05) is 12.1 Å². The van der Waals surface area contributed by atoms with Crippen LogP contribution in [-0.2, 0) is 9.57 Å². The molecule has 0 spiro atoms. The van der Waals surface area contributed by atoms with Gasteiger partial charge in [0.1, 0.15) is 30.4 Å². The highest BCUT2D eigenvalue weighted by molar-refractivity contribution is 5.99. The molecule has 7 nitrogen and oxygen atoms in total. The van der Waals surface area contributed by atoms with Gasteiger partial charge in [-0.2, -0.15) is 5.48 Å². The smallest absolute Gasteiger partial charge is 0.431 e. The Bertz CT molecular complexity index is 549. The molecule has 7 heteroatoms. The summed E-state index contributed by atoms with van der Waals surface area (Å²) in [7, 11) is 0. The zero-order valence-electron chi connectivity index (χ0n) is 13.7. The quantitative estimate of drug-likeness (QED) is 0.617. The van der Waals surface area contributed by atoms with Crippen LogP contribution in [0.1, 0.15) is 26.3 Å². The molecule has 0 unspecified atom stereocenters. The van der Waals surface area contributed by atoms with Gasteiger partial charge in [-0.05, 0) is 45.0 Å². The summed E-state index contributed by atoms with van der Waals surface area (Å²) >= 11 is 0. The number of rotatable bonds is 6. The number of ether oxygens (including phenoxy) is 2. The van der Waals surface area contributed by atoms with E-state index in [1.165, 1.54) is 0 Å². The highest BCUT2D eigenvalue weighted by atomic mass is 16.7. The molecular formula is C16H23N3O4. The van der Waals surface area contributed by atoms with Crippen molar-refractivity contribution in [2.75, 3.05) is 26.3 Å². The highest BCUT2D eigenvalue weighted by Gasteiger charge is 2.15. The maximum atomic E-state index is 11.3. The molecule has 23 heavy (non-hydrogen) atoms. The lowest BCUT2D eigenvalue weighted by molar-refractivity contribution is -0.0144. The van der Waals surface area contributed by atoms with Gasteiger partial charge in [-0.25, -0.2) is 4.79 Å². The Hall–Kier alpha value is -2.28. The van der Waals surface area contributed by atoms with Crippen LogP contribution in [0.15, 0.2) is 29.3 Å². The fourth-order valence-electron chi connectivity index (χ4n) is 1.91. The van der Waals surface area contributed by atoms with Crippen molar-refractivity contribution in [3.63, 3.8) is 0 Å². The molecular weight excluding hydrogens is 298 g/mol. The zero-order chi connectivity index (χ0) is 16.7. The molecule has 1 amide bonds. The number of carbonyl (C=O) groups is 1. The van der Waals surface area contributed by atoms with Gasteiger partial charge < -0.3 is 14.8 Å². The molecule has 1 aliphatic heterocycles. The molecule has 0 saturated carbocycles. The maximum absolute atomic E-state index is 11.3. The number of aliphatic imine (C=N–C) groups is 1. The predicted molar refractivity (Wildman–Crippen MR) is 86.7 cm³/mol. The Morgan fingerprint density at radius 1 is 1.26 bits per heavy atom. The first kappa shape index (κ1) is 17.1. The normalized spacial score (nSPS) is 14.0. The van der Waals surface area contributed by atoms with E-state index in [9.17, 15) is 4.79 Å². The van der Waals surface area contributed by atoms with E-state index in [1.807, 2.05) is 24.3 Å². The van der Waals surface area contributed by atoms with Gasteiger partial charge in [0.05, 0.1) is 6.54 Å². The Labute approximate surface area is 136 Å². The molecule has 0 saturated heterocycles. The molecule has 0 atom stereocenters. The second kappa shape index (κ2) is 7.82. The van der Waals surface area contributed by atoms with Crippen LogP contribution in [0.25, 0.3) is 0 Å². The van der Waals surface area contributed by atoms with Crippen molar-refractivity contribution in [1.29, 1.82) is 0 Å². The molecule has 2 N–H and O–H groups in total.